The average Bonchev–Trinajstić information content (AvgIpc) is 2.79. The Morgan fingerprint density at radius 1 is 1.07 bits per heavy atom. The second kappa shape index (κ2) is 10.8. The highest BCUT2D eigenvalue weighted by Crippen LogP contribution is 2.24. The molecule has 0 spiro atoms. The van der Waals surface area contributed by atoms with Gasteiger partial charge in [0.2, 0.25) is 5.91 Å². The van der Waals surface area contributed by atoms with E-state index in [4.69, 9.17) is 4.74 Å². The van der Waals surface area contributed by atoms with Crippen molar-refractivity contribution in [2.24, 2.45) is 5.92 Å². The number of aliphatic hydroxyl groups excluding tert-OH is 1. The Kier molecular flexibility index (Phi) is 7.82. The maximum atomic E-state index is 12.5. The first-order valence-corrected chi connectivity index (χ1v) is 10.3. The van der Waals surface area contributed by atoms with E-state index in [0.29, 0.717) is 41.6 Å². The van der Waals surface area contributed by atoms with Gasteiger partial charge < -0.3 is 25.4 Å². The molecule has 0 saturated carbocycles. The van der Waals surface area contributed by atoms with Gasteiger partial charge in [0.25, 0.3) is 5.91 Å². The molecule has 0 atom stereocenters. The van der Waals surface area contributed by atoms with Gasteiger partial charge in [-0.3, -0.25) is 9.59 Å². The molecule has 0 radical (unpaired) electrons. The summed E-state index contributed by atoms with van der Waals surface area (Å²) in [6, 6.07) is 14.0. The van der Waals surface area contributed by atoms with Crippen molar-refractivity contribution in [3.05, 3.63) is 54.1 Å². The summed E-state index contributed by atoms with van der Waals surface area (Å²) in [6.45, 7) is 2.81. The van der Waals surface area contributed by atoms with Gasteiger partial charge in [-0.2, -0.15) is 0 Å². The van der Waals surface area contributed by atoms with E-state index in [1.807, 2.05) is 12.1 Å². The van der Waals surface area contributed by atoms with Crippen molar-refractivity contribution < 1.29 is 19.4 Å². The number of methoxy groups -OCH3 is 1. The second-order valence-electron chi connectivity index (χ2n) is 7.50. The number of nitrogens with zero attached hydrogens (tertiary/aromatic N) is 1. The zero-order chi connectivity index (χ0) is 21.3. The van der Waals surface area contributed by atoms with Gasteiger partial charge in [-0.25, -0.2) is 0 Å². The molecular formula is C23H29N3O4. The highest BCUT2D eigenvalue weighted by Gasteiger charge is 2.18. The number of hydrogen-bond acceptors (Lipinski definition) is 5. The minimum Gasteiger partial charge on any atom is -0.495 e. The van der Waals surface area contributed by atoms with Crippen molar-refractivity contribution in [2.75, 3.05) is 44.0 Å². The summed E-state index contributed by atoms with van der Waals surface area (Å²) >= 11 is 0. The van der Waals surface area contributed by atoms with Crippen LogP contribution in [0.5, 0.6) is 5.75 Å². The van der Waals surface area contributed by atoms with Crippen LogP contribution in [0.15, 0.2) is 48.5 Å². The second-order valence-corrected chi connectivity index (χ2v) is 7.50. The van der Waals surface area contributed by atoms with Crippen LogP contribution in [0.4, 0.5) is 11.4 Å². The zero-order valence-electron chi connectivity index (χ0n) is 17.3. The van der Waals surface area contributed by atoms with E-state index >= 15 is 0 Å². The van der Waals surface area contributed by atoms with Gasteiger partial charge in [-0.15, -0.1) is 0 Å². The molecule has 3 rings (SSSR count). The molecule has 2 amide bonds. The number of rotatable bonds is 8. The number of carbonyl (C=O) groups excluding carboxylic acids is 2. The fourth-order valence-corrected chi connectivity index (χ4v) is 3.52. The van der Waals surface area contributed by atoms with Crippen LogP contribution < -0.4 is 15.4 Å². The molecule has 0 unspecified atom stereocenters. The number of ether oxygens (including phenoxy) is 1. The molecule has 1 fully saturated rings. The molecule has 2 aromatic rings. The van der Waals surface area contributed by atoms with Crippen molar-refractivity contribution in [2.45, 2.75) is 19.3 Å². The number of para-hydroxylation sites is 2. The lowest BCUT2D eigenvalue weighted by molar-refractivity contribution is -0.116. The van der Waals surface area contributed by atoms with Crippen LogP contribution in [0.3, 0.4) is 0 Å². The van der Waals surface area contributed by atoms with Gasteiger partial charge in [0.1, 0.15) is 5.75 Å². The number of amides is 2. The topological polar surface area (TPSA) is 90.9 Å². The van der Waals surface area contributed by atoms with Gasteiger partial charge >= 0.3 is 0 Å². The van der Waals surface area contributed by atoms with E-state index in [0.717, 1.165) is 25.9 Å². The maximum Gasteiger partial charge on any atom is 0.255 e. The highest BCUT2D eigenvalue weighted by molar-refractivity contribution is 6.05. The number of piperidine rings is 1. The van der Waals surface area contributed by atoms with E-state index < -0.39 is 0 Å². The predicted molar refractivity (Wildman–Crippen MR) is 117 cm³/mol. The zero-order valence-corrected chi connectivity index (χ0v) is 17.3. The lowest BCUT2D eigenvalue weighted by atomic mass is 9.98. The van der Waals surface area contributed by atoms with Crippen LogP contribution in [0.2, 0.25) is 0 Å². The molecule has 160 valence electrons. The monoisotopic (exact) mass is 411 g/mol. The van der Waals surface area contributed by atoms with Crippen molar-refractivity contribution in [3.8, 4) is 5.75 Å². The standard InChI is InChI=1S/C23H29N3O4/c1-30-21-5-3-2-4-20(21)25-23(29)18-6-8-19(9-7-18)24-22(28)12-15-26-13-10-17(16-27)11-14-26/h2-9,17,27H,10-16H2,1H3,(H,24,28)(H,25,29). The summed E-state index contributed by atoms with van der Waals surface area (Å²) in [5.41, 5.74) is 1.75. The number of likely N-dealkylation sites (tertiary alicyclic amines) is 1. The van der Waals surface area contributed by atoms with Crippen molar-refractivity contribution in [1.29, 1.82) is 0 Å². The van der Waals surface area contributed by atoms with E-state index in [9.17, 15) is 14.7 Å². The molecule has 1 aliphatic rings. The van der Waals surface area contributed by atoms with E-state index in [1.165, 1.54) is 0 Å². The minimum absolute atomic E-state index is 0.0505. The minimum atomic E-state index is -0.247. The maximum absolute atomic E-state index is 12.5. The molecule has 0 bridgehead atoms. The molecule has 7 nitrogen and oxygen atoms in total. The first-order valence-electron chi connectivity index (χ1n) is 10.3. The first-order chi connectivity index (χ1) is 14.6. The fourth-order valence-electron chi connectivity index (χ4n) is 3.52. The first kappa shape index (κ1) is 21.8. The number of hydrogen-bond donors (Lipinski definition) is 3. The van der Waals surface area contributed by atoms with Crippen molar-refractivity contribution in [3.63, 3.8) is 0 Å². The Morgan fingerprint density at radius 3 is 2.43 bits per heavy atom. The SMILES string of the molecule is COc1ccccc1NC(=O)c1ccc(NC(=O)CCN2CCC(CO)CC2)cc1. The number of carbonyl (C=O) groups is 2. The Bertz CT molecular complexity index is 846. The number of anilines is 2. The third kappa shape index (κ3) is 6.05. The van der Waals surface area contributed by atoms with Gasteiger partial charge in [0, 0.05) is 30.8 Å². The van der Waals surface area contributed by atoms with E-state index in [-0.39, 0.29) is 18.4 Å². The summed E-state index contributed by atoms with van der Waals surface area (Å²) in [5, 5.41) is 14.9. The Morgan fingerprint density at radius 2 is 1.77 bits per heavy atom. The van der Waals surface area contributed by atoms with Crippen LogP contribution in [0, 0.1) is 5.92 Å². The average molecular weight is 412 g/mol. The molecule has 1 saturated heterocycles. The van der Waals surface area contributed by atoms with E-state index in [1.54, 1.807) is 43.5 Å². The number of nitrogens with one attached hydrogen (secondary N) is 2. The molecule has 30 heavy (non-hydrogen) atoms. The molecular weight excluding hydrogens is 382 g/mol. The number of aliphatic hydroxyl groups is 1. The molecule has 2 aromatic carbocycles. The summed E-state index contributed by atoms with van der Waals surface area (Å²) in [4.78, 5) is 27.0. The van der Waals surface area contributed by atoms with Crippen molar-refractivity contribution in [1.82, 2.24) is 4.90 Å². The Balaban J connectivity index is 1.47. The van der Waals surface area contributed by atoms with Gasteiger partial charge in [-0.1, -0.05) is 12.1 Å². The lowest BCUT2D eigenvalue weighted by Gasteiger charge is -2.30. The largest absolute Gasteiger partial charge is 0.495 e. The van der Waals surface area contributed by atoms with Crippen LogP contribution in [-0.2, 0) is 4.79 Å². The highest BCUT2D eigenvalue weighted by atomic mass is 16.5. The third-order valence-corrected chi connectivity index (χ3v) is 5.41. The quantitative estimate of drug-likeness (QED) is 0.621. The summed E-state index contributed by atoms with van der Waals surface area (Å²) in [5.74, 6) is 0.693. The molecule has 7 heteroatoms. The van der Waals surface area contributed by atoms with Gasteiger partial charge in [-0.05, 0) is 68.2 Å². The van der Waals surface area contributed by atoms with E-state index in [2.05, 4.69) is 15.5 Å². The fraction of sp³-hybridized carbons (Fsp3) is 0.391. The van der Waals surface area contributed by atoms with Gasteiger partial charge in [0.15, 0.2) is 0 Å². The summed E-state index contributed by atoms with van der Waals surface area (Å²) in [7, 11) is 1.56. The molecule has 0 aromatic heterocycles. The Labute approximate surface area is 177 Å². The van der Waals surface area contributed by atoms with Crippen molar-refractivity contribution >= 4 is 23.2 Å². The molecule has 1 aliphatic heterocycles. The summed E-state index contributed by atoms with van der Waals surface area (Å²) in [6.07, 6.45) is 2.38. The lowest BCUT2D eigenvalue weighted by Crippen LogP contribution is -2.36. The van der Waals surface area contributed by atoms with Crippen LogP contribution in [-0.4, -0.2) is 55.2 Å². The Hall–Kier alpha value is -2.90. The normalized spacial score (nSPS) is 14.9. The number of benzene rings is 2. The smallest absolute Gasteiger partial charge is 0.255 e. The predicted octanol–water partition coefficient (Wildman–Crippen LogP) is 2.98. The molecule has 3 N–H and O–H groups in total. The van der Waals surface area contributed by atoms with Gasteiger partial charge in [0.05, 0.1) is 12.8 Å². The molecule has 0 aliphatic carbocycles. The molecule has 1 heterocycles. The van der Waals surface area contributed by atoms with Crippen LogP contribution in [0.1, 0.15) is 29.6 Å². The summed E-state index contributed by atoms with van der Waals surface area (Å²) < 4.78 is 5.25. The van der Waals surface area contributed by atoms with Crippen LogP contribution >= 0.6 is 0 Å². The van der Waals surface area contributed by atoms with Crippen LogP contribution in [0.25, 0.3) is 0 Å². The third-order valence-electron chi connectivity index (χ3n) is 5.41.